The first kappa shape index (κ1) is 12.7. The highest BCUT2D eigenvalue weighted by molar-refractivity contribution is 9.10. The van der Waals surface area contributed by atoms with Crippen LogP contribution in [-0.2, 0) is 6.54 Å². The van der Waals surface area contributed by atoms with E-state index in [1.54, 1.807) is 0 Å². The average molecular weight is 270 g/mol. The van der Waals surface area contributed by atoms with Gasteiger partial charge in [-0.2, -0.15) is 0 Å². The standard InChI is InChI=1S/C13H20BrN/c1-4-13(5-2)15(3)10-11-7-6-8-12(14)9-11/h6-9,13H,4-5,10H2,1-3H3. The zero-order valence-electron chi connectivity index (χ0n) is 9.83. The Hall–Kier alpha value is -0.340. The van der Waals surface area contributed by atoms with Gasteiger partial charge in [0.25, 0.3) is 0 Å². The Bertz CT molecular complexity index is 294. The predicted molar refractivity (Wildman–Crippen MR) is 70.0 cm³/mol. The van der Waals surface area contributed by atoms with Crippen molar-refractivity contribution in [1.82, 2.24) is 4.90 Å². The normalized spacial score (nSPS) is 11.3. The fraction of sp³-hybridized carbons (Fsp3) is 0.538. The van der Waals surface area contributed by atoms with Gasteiger partial charge in [-0.25, -0.2) is 0 Å². The molecule has 0 fully saturated rings. The SMILES string of the molecule is CCC(CC)N(C)Cc1cccc(Br)c1. The van der Waals surface area contributed by atoms with Crippen molar-refractivity contribution in [3.8, 4) is 0 Å². The van der Waals surface area contributed by atoms with E-state index in [2.05, 4.69) is 66.0 Å². The number of rotatable bonds is 5. The minimum absolute atomic E-state index is 0.698. The van der Waals surface area contributed by atoms with E-state index in [-0.39, 0.29) is 0 Å². The third-order valence-corrected chi connectivity index (χ3v) is 3.38. The fourth-order valence-corrected chi connectivity index (χ4v) is 2.41. The molecule has 0 aliphatic carbocycles. The van der Waals surface area contributed by atoms with E-state index in [0.717, 1.165) is 11.0 Å². The van der Waals surface area contributed by atoms with E-state index in [0.29, 0.717) is 6.04 Å². The van der Waals surface area contributed by atoms with E-state index in [1.165, 1.54) is 18.4 Å². The molecule has 1 rings (SSSR count). The topological polar surface area (TPSA) is 3.24 Å². The third-order valence-electron chi connectivity index (χ3n) is 2.89. The van der Waals surface area contributed by atoms with Crippen LogP contribution in [0.25, 0.3) is 0 Å². The molecule has 0 bridgehead atoms. The third kappa shape index (κ3) is 3.96. The molecular formula is C13H20BrN. The van der Waals surface area contributed by atoms with Gasteiger partial charge in [0.1, 0.15) is 0 Å². The molecular weight excluding hydrogens is 250 g/mol. The lowest BCUT2D eigenvalue weighted by Gasteiger charge is -2.26. The van der Waals surface area contributed by atoms with Crippen LogP contribution in [0.15, 0.2) is 28.7 Å². The summed E-state index contributed by atoms with van der Waals surface area (Å²) in [5, 5.41) is 0. The molecule has 84 valence electrons. The van der Waals surface area contributed by atoms with Crippen molar-refractivity contribution in [3.05, 3.63) is 34.3 Å². The van der Waals surface area contributed by atoms with Crippen molar-refractivity contribution in [3.63, 3.8) is 0 Å². The molecule has 0 radical (unpaired) electrons. The lowest BCUT2D eigenvalue weighted by Crippen LogP contribution is -2.29. The van der Waals surface area contributed by atoms with Crippen molar-refractivity contribution in [2.45, 2.75) is 39.3 Å². The molecule has 0 aliphatic rings. The first-order chi connectivity index (χ1) is 7.17. The molecule has 0 atom stereocenters. The maximum atomic E-state index is 3.50. The second kappa shape index (κ2) is 6.29. The summed E-state index contributed by atoms with van der Waals surface area (Å²) in [4.78, 5) is 2.43. The Kier molecular flexibility index (Phi) is 5.34. The first-order valence-electron chi connectivity index (χ1n) is 5.62. The summed E-state index contributed by atoms with van der Waals surface area (Å²) in [6, 6.07) is 9.24. The zero-order valence-corrected chi connectivity index (χ0v) is 11.4. The van der Waals surface area contributed by atoms with Gasteiger partial charge in [0, 0.05) is 17.1 Å². The highest BCUT2D eigenvalue weighted by Crippen LogP contribution is 2.15. The summed E-state index contributed by atoms with van der Waals surface area (Å²) < 4.78 is 1.16. The Morgan fingerprint density at radius 2 is 1.93 bits per heavy atom. The summed E-state index contributed by atoms with van der Waals surface area (Å²) in [7, 11) is 2.21. The van der Waals surface area contributed by atoms with E-state index in [1.807, 2.05) is 0 Å². The van der Waals surface area contributed by atoms with Gasteiger partial charge in [0.05, 0.1) is 0 Å². The number of benzene rings is 1. The molecule has 1 aromatic rings. The van der Waals surface area contributed by atoms with Crippen LogP contribution < -0.4 is 0 Å². The highest BCUT2D eigenvalue weighted by Gasteiger charge is 2.10. The minimum atomic E-state index is 0.698. The Morgan fingerprint density at radius 1 is 1.27 bits per heavy atom. The van der Waals surface area contributed by atoms with E-state index in [9.17, 15) is 0 Å². The number of hydrogen-bond donors (Lipinski definition) is 0. The summed E-state index contributed by atoms with van der Waals surface area (Å²) >= 11 is 3.50. The van der Waals surface area contributed by atoms with Gasteiger partial charge < -0.3 is 0 Å². The molecule has 0 spiro atoms. The van der Waals surface area contributed by atoms with Gasteiger partial charge in [-0.05, 0) is 37.6 Å². The molecule has 2 heteroatoms. The Labute approximate surface area is 102 Å². The van der Waals surface area contributed by atoms with Crippen LogP contribution in [-0.4, -0.2) is 18.0 Å². The Balaban J connectivity index is 2.61. The van der Waals surface area contributed by atoms with Crippen LogP contribution in [0.1, 0.15) is 32.3 Å². The molecule has 1 nitrogen and oxygen atoms in total. The van der Waals surface area contributed by atoms with Crippen molar-refractivity contribution in [2.24, 2.45) is 0 Å². The lowest BCUT2D eigenvalue weighted by molar-refractivity contribution is 0.221. The van der Waals surface area contributed by atoms with E-state index < -0.39 is 0 Å². The van der Waals surface area contributed by atoms with Crippen molar-refractivity contribution < 1.29 is 0 Å². The van der Waals surface area contributed by atoms with Crippen LogP contribution >= 0.6 is 15.9 Å². The van der Waals surface area contributed by atoms with Gasteiger partial charge in [-0.3, -0.25) is 4.90 Å². The molecule has 0 saturated carbocycles. The maximum Gasteiger partial charge on any atom is 0.0234 e. The summed E-state index contributed by atoms with van der Waals surface area (Å²) in [6.45, 7) is 5.54. The average Bonchev–Trinajstić information content (AvgIpc) is 2.19. The fourth-order valence-electron chi connectivity index (χ4n) is 1.96. The highest BCUT2D eigenvalue weighted by atomic mass is 79.9. The molecule has 0 saturated heterocycles. The second-order valence-electron chi connectivity index (χ2n) is 4.02. The number of halogens is 1. The molecule has 0 unspecified atom stereocenters. The first-order valence-corrected chi connectivity index (χ1v) is 6.41. The van der Waals surface area contributed by atoms with Crippen molar-refractivity contribution >= 4 is 15.9 Å². The quantitative estimate of drug-likeness (QED) is 0.779. The monoisotopic (exact) mass is 269 g/mol. The summed E-state index contributed by atoms with van der Waals surface area (Å²) in [5.74, 6) is 0. The minimum Gasteiger partial charge on any atom is -0.299 e. The van der Waals surface area contributed by atoms with E-state index in [4.69, 9.17) is 0 Å². The molecule has 0 aromatic heterocycles. The molecule has 0 N–H and O–H groups in total. The lowest BCUT2D eigenvalue weighted by atomic mass is 10.1. The van der Waals surface area contributed by atoms with Crippen molar-refractivity contribution in [2.75, 3.05) is 7.05 Å². The van der Waals surface area contributed by atoms with Gasteiger partial charge >= 0.3 is 0 Å². The van der Waals surface area contributed by atoms with Crippen molar-refractivity contribution in [1.29, 1.82) is 0 Å². The smallest absolute Gasteiger partial charge is 0.0234 e. The molecule has 0 amide bonds. The summed E-state index contributed by atoms with van der Waals surface area (Å²) in [6.07, 6.45) is 2.45. The predicted octanol–water partition coefficient (Wildman–Crippen LogP) is 4.07. The van der Waals surface area contributed by atoms with Gasteiger partial charge in [-0.15, -0.1) is 0 Å². The van der Waals surface area contributed by atoms with Crippen LogP contribution in [0.4, 0.5) is 0 Å². The molecule has 1 aromatic carbocycles. The van der Waals surface area contributed by atoms with Crippen LogP contribution in [0.3, 0.4) is 0 Å². The summed E-state index contributed by atoms with van der Waals surface area (Å²) in [5.41, 5.74) is 1.37. The Morgan fingerprint density at radius 3 is 2.47 bits per heavy atom. The molecule has 0 heterocycles. The van der Waals surface area contributed by atoms with Crippen LogP contribution in [0.5, 0.6) is 0 Å². The number of hydrogen-bond acceptors (Lipinski definition) is 1. The van der Waals surface area contributed by atoms with Gasteiger partial charge in [-0.1, -0.05) is 41.9 Å². The molecule has 0 aliphatic heterocycles. The maximum absolute atomic E-state index is 3.50. The van der Waals surface area contributed by atoms with Gasteiger partial charge in [0.15, 0.2) is 0 Å². The van der Waals surface area contributed by atoms with E-state index >= 15 is 0 Å². The van der Waals surface area contributed by atoms with Crippen LogP contribution in [0, 0.1) is 0 Å². The largest absolute Gasteiger partial charge is 0.299 e. The number of nitrogens with zero attached hydrogens (tertiary/aromatic N) is 1. The zero-order chi connectivity index (χ0) is 11.3. The second-order valence-corrected chi connectivity index (χ2v) is 4.93. The van der Waals surface area contributed by atoms with Crippen LogP contribution in [0.2, 0.25) is 0 Å². The molecule has 15 heavy (non-hydrogen) atoms. The van der Waals surface area contributed by atoms with Gasteiger partial charge in [0.2, 0.25) is 0 Å².